The lowest BCUT2D eigenvalue weighted by Crippen LogP contribution is -2.34. The summed E-state index contributed by atoms with van der Waals surface area (Å²) in [4.78, 5) is 2.37. The van der Waals surface area contributed by atoms with Gasteiger partial charge in [-0.15, -0.1) is 0 Å². The predicted octanol–water partition coefficient (Wildman–Crippen LogP) is 0.698. The number of aryl methyl sites for hydroxylation is 1. The summed E-state index contributed by atoms with van der Waals surface area (Å²) in [7, 11) is 2.16. The highest BCUT2D eigenvalue weighted by molar-refractivity contribution is 5.61. The third-order valence-electron chi connectivity index (χ3n) is 3.37. The molecular weight excluding hydrogens is 202 g/mol. The van der Waals surface area contributed by atoms with E-state index in [2.05, 4.69) is 17.0 Å². The molecule has 1 saturated heterocycles. The Morgan fingerprint density at radius 3 is 2.75 bits per heavy atom. The van der Waals surface area contributed by atoms with Crippen LogP contribution < -0.4 is 11.5 Å². The molecule has 0 bridgehead atoms. The lowest BCUT2D eigenvalue weighted by molar-refractivity contribution is 0.191. The number of rotatable bonds is 2. The van der Waals surface area contributed by atoms with Crippen molar-refractivity contribution in [1.82, 2.24) is 14.7 Å². The summed E-state index contributed by atoms with van der Waals surface area (Å²) in [6.45, 7) is 5.11. The van der Waals surface area contributed by atoms with Crippen LogP contribution in [0.2, 0.25) is 0 Å². The van der Waals surface area contributed by atoms with Gasteiger partial charge in [0.15, 0.2) is 0 Å². The Bertz CT molecular complexity index is 371. The van der Waals surface area contributed by atoms with E-state index in [4.69, 9.17) is 11.5 Å². The molecule has 5 heteroatoms. The Hall–Kier alpha value is -1.23. The van der Waals surface area contributed by atoms with Crippen LogP contribution in [0, 0.1) is 12.8 Å². The molecule has 1 aliphatic heterocycles. The number of hydrogen-bond donors (Lipinski definition) is 2. The van der Waals surface area contributed by atoms with E-state index in [1.165, 1.54) is 19.4 Å². The van der Waals surface area contributed by atoms with Crippen LogP contribution in [0.4, 0.5) is 11.5 Å². The van der Waals surface area contributed by atoms with Crippen LogP contribution in [-0.2, 0) is 6.54 Å². The summed E-state index contributed by atoms with van der Waals surface area (Å²) in [5.41, 5.74) is 13.2. The van der Waals surface area contributed by atoms with Crippen molar-refractivity contribution in [2.45, 2.75) is 26.3 Å². The quantitative estimate of drug-likeness (QED) is 0.774. The van der Waals surface area contributed by atoms with Gasteiger partial charge >= 0.3 is 0 Å². The van der Waals surface area contributed by atoms with Gasteiger partial charge in [0.25, 0.3) is 0 Å². The number of anilines is 2. The normalized spacial score (nSPS) is 22.5. The van der Waals surface area contributed by atoms with Gasteiger partial charge in [-0.25, -0.2) is 4.68 Å². The summed E-state index contributed by atoms with van der Waals surface area (Å²) in [6.07, 6.45) is 2.51. The average Bonchev–Trinajstić information content (AvgIpc) is 2.47. The zero-order valence-electron chi connectivity index (χ0n) is 10.1. The van der Waals surface area contributed by atoms with Crippen LogP contribution >= 0.6 is 0 Å². The fourth-order valence-electron chi connectivity index (χ4n) is 2.42. The number of nitrogens with two attached hydrogens (primary N) is 2. The molecular formula is C11H21N5. The molecule has 0 saturated carbocycles. The Kier molecular flexibility index (Phi) is 3.05. The number of hydrogen-bond acceptors (Lipinski definition) is 4. The maximum atomic E-state index is 5.92. The van der Waals surface area contributed by atoms with Crippen molar-refractivity contribution in [2.75, 3.05) is 31.6 Å². The van der Waals surface area contributed by atoms with Crippen LogP contribution in [0.5, 0.6) is 0 Å². The highest BCUT2D eigenvalue weighted by atomic mass is 15.3. The number of nitrogens with zero attached hydrogens (tertiary/aromatic N) is 3. The second-order valence-electron chi connectivity index (χ2n) is 4.84. The van der Waals surface area contributed by atoms with Gasteiger partial charge in [0, 0.05) is 13.1 Å². The molecule has 0 spiro atoms. The largest absolute Gasteiger partial charge is 0.394 e. The van der Waals surface area contributed by atoms with E-state index in [0.29, 0.717) is 17.4 Å². The van der Waals surface area contributed by atoms with Crippen LogP contribution in [0.25, 0.3) is 0 Å². The SMILES string of the molecule is Cc1nn(CC2CCCN(C)C2)c(N)c1N. The van der Waals surface area contributed by atoms with Gasteiger partial charge in [-0.1, -0.05) is 0 Å². The Morgan fingerprint density at radius 2 is 2.19 bits per heavy atom. The second kappa shape index (κ2) is 4.33. The van der Waals surface area contributed by atoms with Crippen LogP contribution in [0.3, 0.4) is 0 Å². The maximum absolute atomic E-state index is 5.92. The summed E-state index contributed by atoms with van der Waals surface area (Å²) < 4.78 is 1.86. The molecule has 0 aliphatic carbocycles. The second-order valence-corrected chi connectivity index (χ2v) is 4.84. The van der Waals surface area contributed by atoms with E-state index < -0.39 is 0 Å². The van der Waals surface area contributed by atoms with Crippen molar-refractivity contribution >= 4 is 11.5 Å². The fraction of sp³-hybridized carbons (Fsp3) is 0.727. The minimum atomic E-state index is 0.616. The van der Waals surface area contributed by atoms with Crippen molar-refractivity contribution in [3.8, 4) is 0 Å². The molecule has 1 unspecified atom stereocenters. The number of likely N-dealkylation sites (tertiary alicyclic amines) is 1. The van der Waals surface area contributed by atoms with E-state index in [-0.39, 0.29) is 0 Å². The van der Waals surface area contributed by atoms with Crippen LogP contribution in [-0.4, -0.2) is 34.8 Å². The van der Waals surface area contributed by atoms with E-state index in [9.17, 15) is 0 Å². The molecule has 4 N–H and O–H groups in total. The molecule has 1 atom stereocenters. The first-order valence-corrected chi connectivity index (χ1v) is 5.85. The van der Waals surface area contributed by atoms with Crippen molar-refractivity contribution in [3.63, 3.8) is 0 Å². The van der Waals surface area contributed by atoms with E-state index >= 15 is 0 Å². The molecule has 0 radical (unpaired) electrons. The topological polar surface area (TPSA) is 73.1 Å². The molecule has 5 nitrogen and oxygen atoms in total. The molecule has 0 aromatic carbocycles. The molecule has 1 aromatic rings. The van der Waals surface area contributed by atoms with E-state index in [1.807, 2.05) is 11.6 Å². The molecule has 0 amide bonds. The van der Waals surface area contributed by atoms with Crippen LogP contribution in [0.15, 0.2) is 0 Å². The monoisotopic (exact) mass is 223 g/mol. The minimum absolute atomic E-state index is 0.616. The zero-order valence-corrected chi connectivity index (χ0v) is 10.1. The van der Waals surface area contributed by atoms with Gasteiger partial charge in [-0.2, -0.15) is 5.10 Å². The molecule has 2 rings (SSSR count). The summed E-state index contributed by atoms with van der Waals surface area (Å²) >= 11 is 0. The molecule has 2 heterocycles. The predicted molar refractivity (Wildman–Crippen MR) is 66.0 cm³/mol. The lowest BCUT2D eigenvalue weighted by atomic mass is 9.99. The number of piperidine rings is 1. The van der Waals surface area contributed by atoms with Gasteiger partial charge in [0.05, 0.1) is 11.4 Å². The first-order valence-electron chi connectivity index (χ1n) is 5.85. The fourth-order valence-corrected chi connectivity index (χ4v) is 2.42. The third-order valence-corrected chi connectivity index (χ3v) is 3.37. The van der Waals surface area contributed by atoms with Crippen molar-refractivity contribution in [2.24, 2.45) is 5.92 Å². The summed E-state index contributed by atoms with van der Waals surface area (Å²) in [6, 6.07) is 0. The summed E-state index contributed by atoms with van der Waals surface area (Å²) in [5.74, 6) is 1.26. The minimum Gasteiger partial charge on any atom is -0.394 e. The average molecular weight is 223 g/mol. The first-order chi connectivity index (χ1) is 7.58. The Balaban J connectivity index is 2.05. The zero-order chi connectivity index (χ0) is 11.7. The molecule has 90 valence electrons. The van der Waals surface area contributed by atoms with Crippen molar-refractivity contribution < 1.29 is 0 Å². The van der Waals surface area contributed by atoms with Gasteiger partial charge in [0.2, 0.25) is 0 Å². The van der Waals surface area contributed by atoms with E-state index in [0.717, 1.165) is 18.8 Å². The van der Waals surface area contributed by atoms with E-state index in [1.54, 1.807) is 0 Å². The lowest BCUT2D eigenvalue weighted by Gasteiger charge is -2.29. The third kappa shape index (κ3) is 2.14. The maximum Gasteiger partial charge on any atom is 0.145 e. The molecule has 1 aromatic heterocycles. The smallest absolute Gasteiger partial charge is 0.145 e. The standard InChI is InChI=1S/C11H21N5/c1-8-10(12)11(13)16(14-8)7-9-4-3-5-15(2)6-9/h9H,3-7,12-13H2,1-2H3. The molecule has 1 aliphatic rings. The number of aromatic nitrogens is 2. The first kappa shape index (κ1) is 11.3. The van der Waals surface area contributed by atoms with Gasteiger partial charge in [-0.05, 0) is 39.3 Å². The van der Waals surface area contributed by atoms with Crippen molar-refractivity contribution in [1.29, 1.82) is 0 Å². The summed E-state index contributed by atoms with van der Waals surface area (Å²) in [5, 5.41) is 4.38. The molecule has 1 fully saturated rings. The van der Waals surface area contributed by atoms with Gasteiger partial charge < -0.3 is 16.4 Å². The van der Waals surface area contributed by atoms with Crippen LogP contribution in [0.1, 0.15) is 18.5 Å². The Labute approximate surface area is 96.4 Å². The van der Waals surface area contributed by atoms with Gasteiger partial charge in [0.1, 0.15) is 5.82 Å². The molecule has 16 heavy (non-hydrogen) atoms. The number of nitrogen functional groups attached to an aromatic ring is 2. The van der Waals surface area contributed by atoms with Gasteiger partial charge in [-0.3, -0.25) is 0 Å². The Morgan fingerprint density at radius 1 is 1.44 bits per heavy atom. The highest BCUT2D eigenvalue weighted by Crippen LogP contribution is 2.22. The van der Waals surface area contributed by atoms with Crippen molar-refractivity contribution in [3.05, 3.63) is 5.69 Å². The highest BCUT2D eigenvalue weighted by Gasteiger charge is 2.19.